The van der Waals surface area contributed by atoms with Crippen molar-refractivity contribution in [2.24, 2.45) is 0 Å². The van der Waals surface area contributed by atoms with Gasteiger partial charge in [-0.15, -0.1) is 0 Å². The quantitative estimate of drug-likeness (QED) is 0.923. The molecule has 104 valence electrons. The van der Waals surface area contributed by atoms with Crippen molar-refractivity contribution in [3.05, 3.63) is 70.1 Å². The first-order chi connectivity index (χ1) is 10.2. The number of ether oxygens (including phenoxy) is 1. The summed E-state index contributed by atoms with van der Waals surface area (Å²) in [6.45, 7) is 0. The molecule has 0 aromatic heterocycles. The molecule has 3 aliphatic rings. The third-order valence-electron chi connectivity index (χ3n) is 3.92. The second kappa shape index (κ2) is 4.19. The molecule has 0 heterocycles. The number of halogens is 1. The topological polar surface area (TPSA) is 38.3 Å². The van der Waals surface area contributed by atoms with Gasteiger partial charge in [0.2, 0.25) is 0 Å². The number of fused-ring (bicyclic) bond motifs is 2. The van der Waals surface area contributed by atoms with Crippen molar-refractivity contribution in [3.8, 4) is 5.75 Å². The third kappa shape index (κ3) is 1.83. The number of anilines is 1. The van der Waals surface area contributed by atoms with Gasteiger partial charge in [-0.05, 0) is 53.0 Å². The lowest BCUT2D eigenvalue weighted by molar-refractivity contribution is -0.112. The van der Waals surface area contributed by atoms with Gasteiger partial charge in [-0.25, -0.2) is 4.39 Å². The Kier molecular flexibility index (Phi) is 2.42. The highest BCUT2D eigenvalue weighted by molar-refractivity contribution is 6.09. The van der Waals surface area contributed by atoms with Gasteiger partial charge in [0.15, 0.2) is 0 Å². The molecule has 4 heteroatoms. The van der Waals surface area contributed by atoms with Crippen LogP contribution in [0.5, 0.6) is 5.75 Å². The first-order valence-electron chi connectivity index (χ1n) is 6.69. The predicted octanol–water partition coefficient (Wildman–Crippen LogP) is 3.28. The van der Waals surface area contributed by atoms with E-state index < -0.39 is 5.82 Å². The number of rotatable bonds is 3. The normalized spacial score (nSPS) is 17.7. The molecule has 0 unspecified atom stereocenters. The van der Waals surface area contributed by atoms with Crippen LogP contribution >= 0.6 is 0 Å². The molecule has 4 rings (SSSR count). The van der Waals surface area contributed by atoms with Crippen molar-refractivity contribution < 1.29 is 13.9 Å². The fraction of sp³-hybridized carbons (Fsp3) is 0.118. The van der Waals surface area contributed by atoms with E-state index in [4.69, 9.17) is 4.74 Å². The zero-order chi connectivity index (χ0) is 14.6. The third-order valence-corrected chi connectivity index (χ3v) is 3.92. The van der Waals surface area contributed by atoms with Crippen molar-refractivity contribution in [2.75, 3.05) is 12.4 Å². The molecule has 1 amide bonds. The van der Waals surface area contributed by atoms with E-state index in [1.165, 1.54) is 36.5 Å². The average molecular weight is 281 g/mol. The van der Waals surface area contributed by atoms with E-state index in [1.54, 1.807) is 0 Å². The zero-order valence-corrected chi connectivity index (χ0v) is 11.4. The summed E-state index contributed by atoms with van der Waals surface area (Å²) in [6.07, 6.45) is 6.88. The van der Waals surface area contributed by atoms with Gasteiger partial charge in [-0.2, -0.15) is 0 Å². The Morgan fingerprint density at radius 1 is 1.29 bits per heavy atom. The zero-order valence-electron chi connectivity index (χ0n) is 11.4. The number of methoxy groups -OCH3 is 1. The lowest BCUT2D eigenvalue weighted by Crippen LogP contribution is -2.14. The Balaban J connectivity index is 1.65. The molecule has 1 fully saturated rings. The first-order valence-corrected chi connectivity index (χ1v) is 6.69. The van der Waals surface area contributed by atoms with Crippen LogP contribution in [0.15, 0.2) is 64.3 Å². The summed E-state index contributed by atoms with van der Waals surface area (Å²) in [4.78, 5) is 12.4. The molecule has 0 radical (unpaired) electrons. The largest absolute Gasteiger partial charge is 0.495 e. The van der Waals surface area contributed by atoms with Crippen LogP contribution in [-0.4, -0.2) is 13.0 Å². The van der Waals surface area contributed by atoms with Crippen molar-refractivity contribution in [3.63, 3.8) is 0 Å². The lowest BCUT2D eigenvalue weighted by Gasteiger charge is -2.10. The van der Waals surface area contributed by atoms with E-state index in [2.05, 4.69) is 11.4 Å². The standard InChI is InChI=1S/C17H12FNO2/c1-21-16-5-2-10(18)8-15(16)19-17(20)12-4-3-11-13-6-9(13)7-14(11)12/h2-5,7-8H,6H2,1H3,(H,19,20). The molecule has 0 saturated heterocycles. The number of allylic oxidation sites excluding steroid dienone is 6. The van der Waals surface area contributed by atoms with Crippen LogP contribution in [0.4, 0.5) is 10.1 Å². The average Bonchev–Trinajstić information content (AvgIpc) is 2.94. The van der Waals surface area contributed by atoms with Crippen molar-refractivity contribution in [1.82, 2.24) is 0 Å². The summed E-state index contributed by atoms with van der Waals surface area (Å²) < 4.78 is 18.5. The fourth-order valence-electron chi connectivity index (χ4n) is 2.80. The highest BCUT2D eigenvalue weighted by Gasteiger charge is 2.35. The Morgan fingerprint density at radius 3 is 2.95 bits per heavy atom. The molecular formula is C17H12FNO2. The number of hydrogen-bond donors (Lipinski definition) is 1. The second-order valence-electron chi connectivity index (χ2n) is 5.20. The van der Waals surface area contributed by atoms with Gasteiger partial charge in [-0.3, -0.25) is 4.79 Å². The first kappa shape index (κ1) is 12.1. The lowest BCUT2D eigenvalue weighted by atomic mass is 10.1. The highest BCUT2D eigenvalue weighted by Crippen LogP contribution is 2.51. The number of benzene rings is 1. The molecule has 0 aliphatic heterocycles. The molecule has 0 spiro atoms. The summed E-state index contributed by atoms with van der Waals surface area (Å²) in [5.41, 5.74) is 5.73. The summed E-state index contributed by atoms with van der Waals surface area (Å²) >= 11 is 0. The Bertz CT molecular complexity index is 812. The van der Waals surface area contributed by atoms with Gasteiger partial charge >= 0.3 is 0 Å². The maximum Gasteiger partial charge on any atom is 0.256 e. The molecule has 0 bridgehead atoms. The SMILES string of the molecule is COc1ccc(F)cc1NC(=O)C1=C2C=C3CC3=C2C=C1. The minimum absolute atomic E-state index is 0.251. The summed E-state index contributed by atoms with van der Waals surface area (Å²) in [5.74, 6) is -0.236. The summed E-state index contributed by atoms with van der Waals surface area (Å²) in [7, 11) is 1.48. The van der Waals surface area contributed by atoms with Gasteiger partial charge in [0.25, 0.3) is 5.91 Å². The number of carbonyl (C=O) groups excluding carboxylic acids is 1. The number of amides is 1. The van der Waals surface area contributed by atoms with E-state index in [-0.39, 0.29) is 5.91 Å². The minimum atomic E-state index is -0.419. The van der Waals surface area contributed by atoms with Gasteiger partial charge in [0, 0.05) is 11.6 Å². The van der Waals surface area contributed by atoms with E-state index in [0.717, 1.165) is 17.6 Å². The smallest absolute Gasteiger partial charge is 0.256 e. The molecule has 3 aliphatic carbocycles. The molecular weight excluding hydrogens is 269 g/mol. The second-order valence-corrected chi connectivity index (χ2v) is 5.20. The van der Waals surface area contributed by atoms with E-state index in [9.17, 15) is 9.18 Å². The van der Waals surface area contributed by atoms with Gasteiger partial charge < -0.3 is 10.1 Å². The van der Waals surface area contributed by atoms with Crippen LogP contribution in [0, 0.1) is 5.82 Å². The number of nitrogens with one attached hydrogen (secondary N) is 1. The van der Waals surface area contributed by atoms with Crippen LogP contribution in [0.1, 0.15) is 6.42 Å². The molecule has 3 nitrogen and oxygen atoms in total. The maximum absolute atomic E-state index is 13.3. The molecule has 1 aromatic rings. The number of hydrogen-bond acceptors (Lipinski definition) is 2. The van der Waals surface area contributed by atoms with Crippen LogP contribution < -0.4 is 10.1 Å². The molecule has 1 saturated carbocycles. The summed E-state index contributed by atoms with van der Waals surface area (Å²) in [5, 5.41) is 2.72. The maximum atomic E-state index is 13.3. The van der Waals surface area contributed by atoms with Gasteiger partial charge in [0.1, 0.15) is 11.6 Å². The molecule has 0 atom stereocenters. The van der Waals surface area contributed by atoms with Crippen molar-refractivity contribution in [2.45, 2.75) is 6.42 Å². The highest BCUT2D eigenvalue weighted by atomic mass is 19.1. The van der Waals surface area contributed by atoms with Crippen LogP contribution in [0.2, 0.25) is 0 Å². The Hall–Kier alpha value is -2.62. The van der Waals surface area contributed by atoms with Crippen LogP contribution in [0.3, 0.4) is 0 Å². The minimum Gasteiger partial charge on any atom is -0.495 e. The molecule has 1 N–H and O–H groups in total. The van der Waals surface area contributed by atoms with Gasteiger partial charge in [0.05, 0.1) is 12.8 Å². The van der Waals surface area contributed by atoms with Gasteiger partial charge in [-0.1, -0.05) is 6.08 Å². The van der Waals surface area contributed by atoms with Crippen LogP contribution in [0.25, 0.3) is 0 Å². The molecule has 21 heavy (non-hydrogen) atoms. The molecule has 1 aromatic carbocycles. The van der Waals surface area contributed by atoms with E-state index in [0.29, 0.717) is 17.0 Å². The van der Waals surface area contributed by atoms with Crippen LogP contribution in [-0.2, 0) is 4.79 Å². The van der Waals surface area contributed by atoms with E-state index >= 15 is 0 Å². The summed E-state index contributed by atoms with van der Waals surface area (Å²) in [6, 6.07) is 4.04. The Morgan fingerprint density at radius 2 is 2.14 bits per heavy atom. The monoisotopic (exact) mass is 281 g/mol. The van der Waals surface area contributed by atoms with Crippen molar-refractivity contribution >= 4 is 11.6 Å². The fourth-order valence-corrected chi connectivity index (χ4v) is 2.80. The van der Waals surface area contributed by atoms with Crippen molar-refractivity contribution in [1.29, 1.82) is 0 Å². The van der Waals surface area contributed by atoms with E-state index in [1.807, 2.05) is 12.2 Å². The predicted molar refractivity (Wildman–Crippen MR) is 77.5 cm³/mol. The number of carbonyl (C=O) groups is 1. The Labute approximate surface area is 121 Å².